The van der Waals surface area contributed by atoms with E-state index in [4.69, 9.17) is 14.0 Å². The smallest absolute Gasteiger partial charge is 0.241 e. The third-order valence-electron chi connectivity index (χ3n) is 6.85. The Bertz CT molecular complexity index is 1380. The summed E-state index contributed by atoms with van der Waals surface area (Å²) in [5.74, 6) is 3.17. The molecule has 0 radical (unpaired) electrons. The molecule has 1 aliphatic rings. The van der Waals surface area contributed by atoms with Gasteiger partial charge in [-0.3, -0.25) is 9.69 Å². The van der Waals surface area contributed by atoms with Crippen LogP contribution in [0.3, 0.4) is 0 Å². The number of nitrogens with zero attached hydrogens (tertiary/aromatic N) is 5. The molecular formula is C28H32N6O4. The van der Waals surface area contributed by atoms with Gasteiger partial charge in [-0.1, -0.05) is 17.3 Å². The maximum Gasteiger partial charge on any atom is 0.241 e. The lowest BCUT2D eigenvalue weighted by atomic mass is 9.97. The minimum atomic E-state index is -0.0788. The fourth-order valence-corrected chi connectivity index (χ4v) is 4.77. The Hall–Kier alpha value is -4.18. The van der Waals surface area contributed by atoms with E-state index in [1.165, 1.54) is 0 Å². The summed E-state index contributed by atoms with van der Waals surface area (Å²) in [4.78, 5) is 24.0. The van der Waals surface area contributed by atoms with Crippen molar-refractivity contribution < 1.29 is 18.8 Å². The molecule has 5 rings (SSSR count). The molecule has 1 atom stereocenters. The third kappa shape index (κ3) is 5.70. The molecule has 4 aromatic rings. The van der Waals surface area contributed by atoms with Gasteiger partial charge in [0.1, 0.15) is 5.82 Å². The number of ether oxygens (including phenoxy) is 2. The molecule has 2 aromatic carbocycles. The number of amides is 1. The lowest BCUT2D eigenvalue weighted by Crippen LogP contribution is -2.42. The number of rotatable bonds is 9. The first-order valence-electron chi connectivity index (χ1n) is 12.7. The van der Waals surface area contributed by atoms with Gasteiger partial charge in [-0.15, -0.1) is 0 Å². The van der Waals surface area contributed by atoms with Gasteiger partial charge < -0.3 is 23.9 Å². The van der Waals surface area contributed by atoms with E-state index in [1.54, 1.807) is 20.4 Å². The first-order valence-corrected chi connectivity index (χ1v) is 12.7. The summed E-state index contributed by atoms with van der Waals surface area (Å²) in [6.45, 7) is 4.50. The summed E-state index contributed by atoms with van der Waals surface area (Å²) in [7, 11) is 3.18. The summed E-state index contributed by atoms with van der Waals surface area (Å²) in [6.07, 6.45) is 5.52. The Morgan fingerprint density at radius 1 is 1.13 bits per heavy atom. The quantitative estimate of drug-likeness (QED) is 0.358. The van der Waals surface area contributed by atoms with E-state index in [-0.39, 0.29) is 11.8 Å². The fraction of sp³-hybridized carbons (Fsp3) is 0.357. The molecule has 0 bridgehead atoms. The number of benzene rings is 2. The standard InChI is InChI=1S/C28H32N6O4/c1-19-29-12-14-34(19)23-9-6-20(7-10-23)16-30-28(35)22-5-4-13-33(17-22)18-26-31-27(32-38-26)21-8-11-24(36-2)25(15-21)37-3/h6-12,14-15,22H,4-5,13,16-18H2,1-3H3,(H,30,35). The number of imidazole rings is 1. The van der Waals surface area contributed by atoms with Crippen molar-refractivity contribution in [2.75, 3.05) is 27.3 Å². The SMILES string of the molecule is COc1ccc(-c2noc(CN3CCCC(C(=O)NCc4ccc(-n5ccnc5C)cc4)C3)n2)cc1OC. The second-order valence-corrected chi connectivity index (χ2v) is 9.38. The van der Waals surface area contributed by atoms with E-state index >= 15 is 0 Å². The normalized spacial score (nSPS) is 15.8. The van der Waals surface area contributed by atoms with Crippen molar-refractivity contribution in [3.05, 3.63) is 72.1 Å². The summed E-state index contributed by atoms with van der Waals surface area (Å²) >= 11 is 0. The number of methoxy groups -OCH3 is 2. The van der Waals surface area contributed by atoms with Gasteiger partial charge >= 0.3 is 0 Å². The van der Waals surface area contributed by atoms with Gasteiger partial charge in [0.05, 0.1) is 26.7 Å². The van der Waals surface area contributed by atoms with Gasteiger partial charge in [0.15, 0.2) is 11.5 Å². The molecule has 2 aromatic heterocycles. The molecule has 3 heterocycles. The van der Waals surface area contributed by atoms with Gasteiger partial charge in [0.2, 0.25) is 17.6 Å². The van der Waals surface area contributed by atoms with Crippen molar-refractivity contribution in [3.63, 3.8) is 0 Å². The van der Waals surface area contributed by atoms with Crippen LogP contribution in [0.25, 0.3) is 17.1 Å². The Balaban J connectivity index is 1.14. The van der Waals surface area contributed by atoms with E-state index in [1.807, 2.05) is 60.2 Å². The van der Waals surface area contributed by atoms with Crippen LogP contribution in [0.2, 0.25) is 0 Å². The van der Waals surface area contributed by atoms with Crippen LogP contribution in [0, 0.1) is 12.8 Å². The topological polar surface area (TPSA) is 108 Å². The lowest BCUT2D eigenvalue weighted by Gasteiger charge is -2.30. The highest BCUT2D eigenvalue weighted by Gasteiger charge is 2.27. The molecule has 0 spiro atoms. The van der Waals surface area contributed by atoms with E-state index in [9.17, 15) is 4.79 Å². The Labute approximate surface area is 221 Å². The number of aryl methyl sites for hydroxylation is 1. The predicted molar refractivity (Wildman–Crippen MR) is 141 cm³/mol. The molecule has 1 N–H and O–H groups in total. The van der Waals surface area contributed by atoms with Crippen LogP contribution in [0.15, 0.2) is 59.4 Å². The van der Waals surface area contributed by atoms with Crippen LogP contribution in [0.1, 0.15) is 30.1 Å². The zero-order valence-corrected chi connectivity index (χ0v) is 21.9. The van der Waals surface area contributed by atoms with E-state index in [2.05, 4.69) is 25.3 Å². The van der Waals surface area contributed by atoms with Crippen LogP contribution in [-0.4, -0.2) is 57.8 Å². The third-order valence-corrected chi connectivity index (χ3v) is 6.85. The number of nitrogens with one attached hydrogen (secondary N) is 1. The first-order chi connectivity index (χ1) is 18.5. The van der Waals surface area contributed by atoms with Crippen LogP contribution in [0.4, 0.5) is 0 Å². The molecule has 1 fully saturated rings. The number of carbonyl (C=O) groups excluding carboxylic acids is 1. The summed E-state index contributed by atoms with van der Waals surface area (Å²) in [5, 5.41) is 7.24. The van der Waals surface area contributed by atoms with Crippen LogP contribution < -0.4 is 14.8 Å². The molecule has 38 heavy (non-hydrogen) atoms. The summed E-state index contributed by atoms with van der Waals surface area (Å²) in [6, 6.07) is 13.7. The Morgan fingerprint density at radius 2 is 1.95 bits per heavy atom. The molecular weight excluding hydrogens is 484 g/mol. The molecule has 10 nitrogen and oxygen atoms in total. The first kappa shape index (κ1) is 25.5. The maximum atomic E-state index is 12.9. The van der Waals surface area contributed by atoms with Crippen LogP contribution in [0.5, 0.6) is 11.5 Å². The van der Waals surface area contributed by atoms with E-state index in [0.717, 1.165) is 42.0 Å². The Morgan fingerprint density at radius 3 is 2.68 bits per heavy atom. The number of likely N-dealkylation sites (tertiary alicyclic amines) is 1. The highest BCUT2D eigenvalue weighted by molar-refractivity contribution is 5.79. The molecule has 198 valence electrons. The number of hydrogen-bond donors (Lipinski definition) is 1. The van der Waals surface area contributed by atoms with Crippen LogP contribution >= 0.6 is 0 Å². The van der Waals surface area contributed by atoms with Crippen LogP contribution in [-0.2, 0) is 17.9 Å². The van der Waals surface area contributed by atoms with Crippen molar-refractivity contribution in [2.45, 2.75) is 32.9 Å². The summed E-state index contributed by atoms with van der Waals surface area (Å²) in [5.41, 5.74) is 2.89. The molecule has 0 aliphatic carbocycles. The highest BCUT2D eigenvalue weighted by atomic mass is 16.5. The zero-order chi connectivity index (χ0) is 26.5. The lowest BCUT2D eigenvalue weighted by molar-refractivity contribution is -0.127. The monoisotopic (exact) mass is 516 g/mol. The van der Waals surface area contributed by atoms with Crippen molar-refractivity contribution >= 4 is 5.91 Å². The second-order valence-electron chi connectivity index (χ2n) is 9.38. The zero-order valence-electron chi connectivity index (χ0n) is 21.9. The van der Waals surface area contributed by atoms with Crippen molar-refractivity contribution in [1.82, 2.24) is 29.9 Å². The van der Waals surface area contributed by atoms with Gasteiger partial charge in [-0.25, -0.2) is 4.98 Å². The predicted octanol–water partition coefficient (Wildman–Crippen LogP) is 3.78. The number of piperidine rings is 1. The minimum absolute atomic E-state index is 0.0702. The molecule has 1 amide bonds. The fourth-order valence-electron chi connectivity index (χ4n) is 4.77. The molecule has 10 heteroatoms. The average molecular weight is 517 g/mol. The number of aromatic nitrogens is 4. The van der Waals surface area contributed by atoms with Crippen molar-refractivity contribution in [1.29, 1.82) is 0 Å². The molecule has 1 saturated heterocycles. The highest BCUT2D eigenvalue weighted by Crippen LogP contribution is 2.31. The average Bonchev–Trinajstić information content (AvgIpc) is 3.60. The largest absolute Gasteiger partial charge is 0.493 e. The maximum absolute atomic E-state index is 12.9. The Kier molecular flexibility index (Phi) is 7.69. The second kappa shape index (κ2) is 11.5. The van der Waals surface area contributed by atoms with Gasteiger partial charge in [-0.2, -0.15) is 4.98 Å². The van der Waals surface area contributed by atoms with Gasteiger partial charge in [0.25, 0.3) is 0 Å². The number of carbonyl (C=O) groups is 1. The molecule has 1 unspecified atom stereocenters. The summed E-state index contributed by atoms with van der Waals surface area (Å²) < 4.78 is 18.2. The minimum Gasteiger partial charge on any atom is -0.493 e. The molecule has 0 saturated carbocycles. The van der Waals surface area contributed by atoms with Crippen molar-refractivity contribution in [2.24, 2.45) is 5.92 Å². The van der Waals surface area contributed by atoms with Gasteiger partial charge in [0, 0.05) is 36.7 Å². The number of hydrogen-bond acceptors (Lipinski definition) is 8. The van der Waals surface area contributed by atoms with Crippen molar-refractivity contribution in [3.8, 4) is 28.6 Å². The molecule has 1 aliphatic heterocycles. The van der Waals surface area contributed by atoms with Gasteiger partial charge in [-0.05, 0) is 62.2 Å². The van der Waals surface area contributed by atoms with E-state index < -0.39 is 0 Å². The van der Waals surface area contributed by atoms with E-state index in [0.29, 0.717) is 42.8 Å².